The first-order valence-electron chi connectivity index (χ1n) is 8.42. The Hall–Kier alpha value is -1.37. The van der Waals surface area contributed by atoms with E-state index in [0.717, 1.165) is 23.9 Å². The lowest BCUT2D eigenvalue weighted by molar-refractivity contribution is -0.135. The van der Waals surface area contributed by atoms with E-state index in [9.17, 15) is 4.79 Å². The normalized spacial score (nSPS) is 16.8. The minimum absolute atomic E-state index is 0.00813. The summed E-state index contributed by atoms with van der Waals surface area (Å²) in [6.45, 7) is 4.16. The Kier molecular flexibility index (Phi) is 6.51. The first kappa shape index (κ1) is 18.4. The van der Waals surface area contributed by atoms with Crippen LogP contribution in [0.5, 0.6) is 5.75 Å². The Morgan fingerprint density at radius 2 is 2.16 bits per heavy atom. The highest BCUT2D eigenvalue weighted by Crippen LogP contribution is 2.21. The topological polar surface area (TPSA) is 38.8 Å². The monoisotopic (exact) mass is 423 g/mol. The van der Waals surface area contributed by atoms with Gasteiger partial charge in [-0.1, -0.05) is 15.9 Å². The zero-order valence-electron chi connectivity index (χ0n) is 14.2. The minimum atomic E-state index is -0.00813. The second-order valence-electron chi connectivity index (χ2n) is 6.18. The van der Waals surface area contributed by atoms with Crippen molar-refractivity contribution < 1.29 is 14.3 Å². The van der Waals surface area contributed by atoms with Crippen molar-refractivity contribution in [1.82, 2.24) is 4.90 Å². The molecule has 1 fully saturated rings. The summed E-state index contributed by atoms with van der Waals surface area (Å²) in [6.07, 6.45) is 2.22. The second-order valence-corrected chi connectivity index (χ2v) is 8.10. The van der Waals surface area contributed by atoms with Crippen LogP contribution in [0.4, 0.5) is 0 Å². The van der Waals surface area contributed by atoms with Crippen molar-refractivity contribution >= 4 is 33.2 Å². The number of carbonyl (C=O) groups is 1. The highest BCUT2D eigenvalue weighted by molar-refractivity contribution is 9.10. The third-order valence-corrected chi connectivity index (χ3v) is 5.82. The molecule has 134 valence electrons. The molecule has 0 saturated carbocycles. The molecular weight excluding hydrogens is 402 g/mol. The first-order valence-corrected chi connectivity index (χ1v) is 10.1. The van der Waals surface area contributed by atoms with Crippen molar-refractivity contribution in [1.29, 1.82) is 0 Å². The molecule has 0 radical (unpaired) electrons. The molecule has 1 atom stereocenters. The molecule has 0 bridgehead atoms. The van der Waals surface area contributed by atoms with Crippen LogP contribution in [0.25, 0.3) is 0 Å². The fourth-order valence-electron chi connectivity index (χ4n) is 2.80. The van der Waals surface area contributed by atoms with Crippen LogP contribution in [0.3, 0.4) is 0 Å². The summed E-state index contributed by atoms with van der Waals surface area (Å²) in [5.74, 6) is 0.687. The smallest absolute Gasteiger partial charge is 0.260 e. The predicted molar refractivity (Wildman–Crippen MR) is 103 cm³/mol. The number of nitrogens with zero attached hydrogens (tertiary/aromatic N) is 1. The summed E-state index contributed by atoms with van der Waals surface area (Å²) < 4.78 is 12.4. The quantitative estimate of drug-likeness (QED) is 0.661. The Morgan fingerprint density at radius 1 is 1.36 bits per heavy atom. The first-order chi connectivity index (χ1) is 12.1. The molecule has 6 heteroatoms. The number of amides is 1. The Labute approximate surface area is 160 Å². The molecular formula is C19H22BrNO3S. The van der Waals surface area contributed by atoms with E-state index in [-0.39, 0.29) is 18.6 Å². The SMILES string of the molecule is Cc1ccsc1CN(C[C@H]1CCCO1)C(=O)COc1ccc(Br)cc1. The molecule has 1 amide bonds. The molecule has 0 unspecified atom stereocenters. The van der Waals surface area contributed by atoms with E-state index >= 15 is 0 Å². The number of rotatable bonds is 7. The van der Waals surface area contributed by atoms with Gasteiger partial charge in [0.25, 0.3) is 5.91 Å². The molecule has 2 heterocycles. The molecule has 3 rings (SSSR count). The molecule has 1 aromatic heterocycles. The Morgan fingerprint density at radius 3 is 2.80 bits per heavy atom. The maximum atomic E-state index is 12.7. The van der Waals surface area contributed by atoms with Crippen LogP contribution in [0.2, 0.25) is 0 Å². The number of carbonyl (C=O) groups excluding carboxylic acids is 1. The third kappa shape index (κ3) is 5.30. The average Bonchev–Trinajstić information content (AvgIpc) is 3.26. The fourth-order valence-corrected chi connectivity index (χ4v) is 3.98. The molecule has 1 aromatic carbocycles. The molecule has 25 heavy (non-hydrogen) atoms. The molecule has 1 saturated heterocycles. The maximum Gasteiger partial charge on any atom is 0.260 e. The standard InChI is InChI=1S/C19H22BrNO3S/c1-14-8-10-25-18(14)12-21(11-17-3-2-9-23-17)19(22)13-24-16-6-4-15(20)5-7-16/h4-8,10,17H,2-3,9,11-13H2,1H3/t17-/m1/s1. The van der Waals surface area contributed by atoms with Gasteiger partial charge in [0.2, 0.25) is 0 Å². The molecule has 4 nitrogen and oxygen atoms in total. The lowest BCUT2D eigenvalue weighted by Gasteiger charge is -2.25. The number of halogens is 1. The van der Waals surface area contributed by atoms with Gasteiger partial charge < -0.3 is 14.4 Å². The van der Waals surface area contributed by atoms with Gasteiger partial charge in [0.05, 0.1) is 12.6 Å². The Balaban J connectivity index is 1.63. The van der Waals surface area contributed by atoms with Gasteiger partial charge in [-0.15, -0.1) is 11.3 Å². The maximum absolute atomic E-state index is 12.7. The second kappa shape index (κ2) is 8.83. The van der Waals surface area contributed by atoms with E-state index in [1.165, 1.54) is 10.4 Å². The van der Waals surface area contributed by atoms with Crippen LogP contribution in [0.15, 0.2) is 40.2 Å². The number of hydrogen-bond donors (Lipinski definition) is 0. The molecule has 0 N–H and O–H groups in total. The van der Waals surface area contributed by atoms with Crippen molar-refractivity contribution in [3.63, 3.8) is 0 Å². The van der Waals surface area contributed by atoms with Crippen LogP contribution < -0.4 is 4.74 Å². The van der Waals surface area contributed by atoms with Gasteiger partial charge in [-0.2, -0.15) is 0 Å². The van der Waals surface area contributed by atoms with E-state index in [0.29, 0.717) is 18.8 Å². The van der Waals surface area contributed by atoms with Gasteiger partial charge in [0.15, 0.2) is 6.61 Å². The lowest BCUT2D eigenvalue weighted by Crippen LogP contribution is -2.39. The highest BCUT2D eigenvalue weighted by Gasteiger charge is 2.23. The minimum Gasteiger partial charge on any atom is -0.484 e. The third-order valence-electron chi connectivity index (χ3n) is 4.28. The molecule has 0 aliphatic carbocycles. The summed E-state index contributed by atoms with van der Waals surface area (Å²) in [7, 11) is 0. The molecule has 1 aliphatic heterocycles. The van der Waals surface area contributed by atoms with Gasteiger partial charge in [-0.25, -0.2) is 0 Å². The zero-order chi connectivity index (χ0) is 17.6. The van der Waals surface area contributed by atoms with Crippen molar-refractivity contribution in [3.05, 3.63) is 50.6 Å². The lowest BCUT2D eigenvalue weighted by atomic mass is 10.2. The molecule has 0 spiro atoms. The van der Waals surface area contributed by atoms with E-state index in [1.54, 1.807) is 11.3 Å². The Bertz CT molecular complexity index is 695. The van der Waals surface area contributed by atoms with Crippen LogP contribution in [-0.2, 0) is 16.1 Å². The van der Waals surface area contributed by atoms with Crippen molar-refractivity contribution in [2.75, 3.05) is 19.8 Å². The van der Waals surface area contributed by atoms with Crippen LogP contribution in [-0.4, -0.2) is 36.7 Å². The highest BCUT2D eigenvalue weighted by atomic mass is 79.9. The predicted octanol–water partition coefficient (Wildman–Crippen LogP) is 4.41. The van der Waals surface area contributed by atoms with Gasteiger partial charge >= 0.3 is 0 Å². The van der Waals surface area contributed by atoms with Crippen molar-refractivity contribution in [2.24, 2.45) is 0 Å². The number of benzene rings is 1. The summed E-state index contributed by atoms with van der Waals surface area (Å²) >= 11 is 5.08. The van der Waals surface area contributed by atoms with Crippen LogP contribution in [0, 0.1) is 6.92 Å². The molecule has 2 aromatic rings. The van der Waals surface area contributed by atoms with Crippen LogP contribution in [0.1, 0.15) is 23.3 Å². The van der Waals surface area contributed by atoms with Crippen LogP contribution >= 0.6 is 27.3 Å². The van der Waals surface area contributed by atoms with Gasteiger partial charge in [-0.05, 0) is 61.0 Å². The van der Waals surface area contributed by atoms with Gasteiger partial charge in [0.1, 0.15) is 5.75 Å². The largest absolute Gasteiger partial charge is 0.484 e. The van der Waals surface area contributed by atoms with Crippen molar-refractivity contribution in [2.45, 2.75) is 32.4 Å². The summed E-state index contributed by atoms with van der Waals surface area (Å²) in [4.78, 5) is 15.8. The van der Waals surface area contributed by atoms with Crippen molar-refractivity contribution in [3.8, 4) is 5.75 Å². The number of thiophene rings is 1. The van der Waals surface area contributed by atoms with Gasteiger partial charge in [-0.3, -0.25) is 4.79 Å². The number of ether oxygens (including phenoxy) is 2. The zero-order valence-corrected chi connectivity index (χ0v) is 16.6. The number of aryl methyl sites for hydroxylation is 1. The van der Waals surface area contributed by atoms with E-state index < -0.39 is 0 Å². The average molecular weight is 424 g/mol. The fraction of sp³-hybridized carbons (Fsp3) is 0.421. The molecule has 1 aliphatic rings. The van der Waals surface area contributed by atoms with E-state index in [2.05, 4.69) is 34.3 Å². The summed E-state index contributed by atoms with van der Waals surface area (Å²) in [5, 5.41) is 2.07. The van der Waals surface area contributed by atoms with E-state index in [1.807, 2.05) is 29.2 Å². The van der Waals surface area contributed by atoms with E-state index in [4.69, 9.17) is 9.47 Å². The number of hydrogen-bond acceptors (Lipinski definition) is 4. The van der Waals surface area contributed by atoms with Gasteiger partial charge in [0, 0.05) is 22.5 Å². The summed E-state index contributed by atoms with van der Waals surface area (Å²) in [5.41, 5.74) is 1.23. The summed E-state index contributed by atoms with van der Waals surface area (Å²) in [6, 6.07) is 9.60.